The second-order valence-corrected chi connectivity index (χ2v) is 17.3. The zero-order chi connectivity index (χ0) is 50.2. The second kappa shape index (κ2) is 19.5. The SMILES string of the molecule is [B]c1c([B])c([B])c(N(c2ccc(-c3ccccc3)cc2)c2ccc(-c3cccc(-c4cccc(-c5ccc(N(c6ccc(-c7ccccc7)cc6)c6c(O)c([B])c(O)c(O)c6O)cc5)c4)c3)cc2)c(O)c1[B]. The molecule has 7 nitrogen and oxygen atoms in total. The van der Waals surface area contributed by atoms with Crippen LogP contribution in [0, 0.1) is 0 Å². The summed E-state index contributed by atoms with van der Waals surface area (Å²) >= 11 is 0. The van der Waals surface area contributed by atoms with Crippen LogP contribution < -0.4 is 37.1 Å². The third kappa shape index (κ3) is 8.73. The van der Waals surface area contributed by atoms with Crippen molar-refractivity contribution in [1.29, 1.82) is 0 Å². The van der Waals surface area contributed by atoms with Crippen molar-refractivity contribution in [2.75, 3.05) is 9.80 Å². The molecule has 0 unspecified atom stereocenters. The Bertz CT molecular complexity index is 3320. The minimum Gasteiger partial charge on any atom is -0.506 e. The maximum Gasteiger partial charge on any atom is 0.202 e. The first-order valence-electron chi connectivity index (χ1n) is 22.9. The van der Waals surface area contributed by atoms with Crippen LogP contribution in [0.2, 0.25) is 0 Å². The van der Waals surface area contributed by atoms with Crippen molar-refractivity contribution >= 4 is 101 Å². The average molecular weight is 922 g/mol. The molecule has 0 bridgehead atoms. The van der Waals surface area contributed by atoms with Gasteiger partial charge in [0.05, 0.1) is 5.69 Å². The number of rotatable bonds is 11. The predicted octanol–water partition coefficient (Wildman–Crippen LogP) is 9.46. The first-order chi connectivity index (χ1) is 34.9. The van der Waals surface area contributed by atoms with E-state index < -0.39 is 28.5 Å². The molecule has 10 rings (SSSR count). The van der Waals surface area contributed by atoms with Gasteiger partial charge in [0.15, 0.2) is 11.5 Å². The topological polar surface area (TPSA) is 108 Å². The number of hydrogen-bond donors (Lipinski definition) is 5. The number of hydrogen-bond acceptors (Lipinski definition) is 7. The van der Waals surface area contributed by atoms with E-state index in [9.17, 15) is 25.5 Å². The monoisotopic (exact) mass is 922 g/mol. The van der Waals surface area contributed by atoms with Crippen molar-refractivity contribution < 1.29 is 25.5 Å². The molecule has 72 heavy (non-hydrogen) atoms. The number of nitrogens with zero attached hydrogens (tertiary/aromatic N) is 2. The summed E-state index contributed by atoms with van der Waals surface area (Å²) < 4.78 is 0. The number of benzene rings is 10. The van der Waals surface area contributed by atoms with Gasteiger partial charge in [-0.25, -0.2) is 0 Å². The first-order valence-corrected chi connectivity index (χ1v) is 22.9. The molecule has 0 aromatic heterocycles. The Morgan fingerprint density at radius 3 is 0.903 bits per heavy atom. The van der Waals surface area contributed by atoms with Gasteiger partial charge in [0, 0.05) is 22.7 Å². The number of phenols is 5. The van der Waals surface area contributed by atoms with Gasteiger partial charge >= 0.3 is 0 Å². The molecule has 0 fully saturated rings. The molecule has 12 heteroatoms. The minimum atomic E-state index is -0.855. The van der Waals surface area contributed by atoms with E-state index in [2.05, 4.69) is 24.3 Å². The third-order valence-electron chi connectivity index (χ3n) is 12.9. The van der Waals surface area contributed by atoms with Crippen molar-refractivity contribution in [2.45, 2.75) is 0 Å². The summed E-state index contributed by atoms with van der Waals surface area (Å²) in [5.74, 6) is -3.30. The normalized spacial score (nSPS) is 11.1. The summed E-state index contributed by atoms with van der Waals surface area (Å²) in [4.78, 5) is 3.38. The molecular weight excluding hydrogens is 883 g/mol. The molecule has 0 saturated carbocycles. The van der Waals surface area contributed by atoms with Gasteiger partial charge in [-0.2, -0.15) is 0 Å². The highest BCUT2D eigenvalue weighted by Crippen LogP contribution is 2.51. The number of anilines is 6. The van der Waals surface area contributed by atoms with Crippen LogP contribution in [0.1, 0.15) is 0 Å². The van der Waals surface area contributed by atoms with E-state index in [1.165, 1.54) is 0 Å². The van der Waals surface area contributed by atoms with Crippen molar-refractivity contribution in [2.24, 2.45) is 0 Å². The van der Waals surface area contributed by atoms with Crippen LogP contribution in [0.4, 0.5) is 34.1 Å². The fourth-order valence-corrected chi connectivity index (χ4v) is 8.99. The lowest BCUT2D eigenvalue weighted by Gasteiger charge is -2.31. The van der Waals surface area contributed by atoms with Crippen molar-refractivity contribution in [3.05, 3.63) is 206 Å². The summed E-state index contributed by atoms with van der Waals surface area (Å²) in [7, 11) is 31.4. The second-order valence-electron chi connectivity index (χ2n) is 17.3. The molecule has 0 aliphatic rings. The highest BCUT2D eigenvalue weighted by atomic mass is 16.3. The smallest absolute Gasteiger partial charge is 0.202 e. The Hall–Kier alpha value is -8.88. The van der Waals surface area contributed by atoms with E-state index in [1.807, 2.05) is 187 Å². The molecule has 0 saturated heterocycles. The van der Waals surface area contributed by atoms with E-state index in [4.69, 9.17) is 39.2 Å². The van der Waals surface area contributed by atoms with Crippen LogP contribution in [0.25, 0.3) is 55.6 Å². The molecule has 0 spiro atoms. The van der Waals surface area contributed by atoms with Crippen molar-refractivity contribution in [1.82, 2.24) is 0 Å². The highest BCUT2D eigenvalue weighted by Gasteiger charge is 2.28. The maximum atomic E-state index is 11.5. The molecule has 10 aromatic carbocycles. The lowest BCUT2D eigenvalue weighted by atomic mass is 9.65. The standard InChI is InChI=1S/C60H39B5N2O5/c61-49-50(62)52(64)56(68)54(51(49)63)66(45-25-17-37(18-26-45)35-9-3-1-4-10-35)46-29-21-39(22-30-46)41-13-7-15-43(33-41)44-16-8-14-42(34-44)40-23-31-48(32-24-40)67(55-57(69)53(65)58(70)60(72)59(55)71)47-27-19-38(20-28-47)36-11-5-2-6-12-36/h1-34,68-72H. The molecule has 334 valence electrons. The summed E-state index contributed by atoms with van der Waals surface area (Å²) in [6.45, 7) is 0. The van der Waals surface area contributed by atoms with Gasteiger partial charge in [0.2, 0.25) is 5.75 Å². The van der Waals surface area contributed by atoms with E-state index in [1.54, 1.807) is 4.90 Å². The summed E-state index contributed by atoms with van der Waals surface area (Å²) in [5.41, 5.74) is 11.9. The summed E-state index contributed by atoms with van der Waals surface area (Å²) in [6, 6.07) is 67.1. The lowest BCUT2D eigenvalue weighted by Crippen LogP contribution is -2.48. The Morgan fingerprint density at radius 2 is 0.514 bits per heavy atom. The molecule has 10 aromatic rings. The minimum absolute atomic E-state index is 0.0136. The van der Waals surface area contributed by atoms with E-state index in [0.717, 1.165) is 55.6 Å². The molecule has 0 aliphatic heterocycles. The number of phenolic OH excluding ortho intramolecular Hbond substituents is 5. The van der Waals surface area contributed by atoms with Crippen molar-refractivity contribution in [3.8, 4) is 84.4 Å². The fourth-order valence-electron chi connectivity index (χ4n) is 8.99. The van der Waals surface area contributed by atoms with E-state index >= 15 is 0 Å². The molecule has 0 atom stereocenters. The molecule has 5 N–H and O–H groups in total. The van der Waals surface area contributed by atoms with Crippen LogP contribution in [0.15, 0.2) is 206 Å². The van der Waals surface area contributed by atoms with Crippen LogP contribution in [-0.4, -0.2) is 64.8 Å². The van der Waals surface area contributed by atoms with Gasteiger partial charge in [-0.15, -0.1) is 10.9 Å². The Morgan fingerprint density at radius 1 is 0.222 bits per heavy atom. The highest BCUT2D eigenvalue weighted by molar-refractivity contribution is 6.64. The molecule has 0 aliphatic carbocycles. The molecule has 0 heterocycles. The maximum absolute atomic E-state index is 11.5. The van der Waals surface area contributed by atoms with Crippen LogP contribution in [0.3, 0.4) is 0 Å². The Labute approximate surface area is 424 Å². The average Bonchev–Trinajstić information content (AvgIpc) is 3.44. The first kappa shape index (κ1) is 46.8. The van der Waals surface area contributed by atoms with Gasteiger partial charge in [-0.05, 0) is 122 Å². The fraction of sp³-hybridized carbons (Fsp3) is 0. The van der Waals surface area contributed by atoms with Crippen LogP contribution in [-0.2, 0) is 0 Å². The Balaban J connectivity index is 0.956. The molecular formula is C60H39B5N2O5. The van der Waals surface area contributed by atoms with Gasteiger partial charge in [-0.1, -0.05) is 157 Å². The van der Waals surface area contributed by atoms with Gasteiger partial charge in [0.1, 0.15) is 56.4 Å². The predicted molar refractivity (Wildman–Crippen MR) is 298 cm³/mol. The quantitative estimate of drug-likeness (QED) is 0.0500. The van der Waals surface area contributed by atoms with Gasteiger partial charge < -0.3 is 35.3 Å². The van der Waals surface area contributed by atoms with Crippen molar-refractivity contribution in [3.63, 3.8) is 0 Å². The molecule has 10 radical (unpaired) electrons. The largest absolute Gasteiger partial charge is 0.506 e. The van der Waals surface area contributed by atoms with E-state index in [-0.39, 0.29) is 39.0 Å². The summed E-state index contributed by atoms with van der Waals surface area (Å²) in [5, 5.41) is 54.9. The molecule has 0 amide bonds. The van der Waals surface area contributed by atoms with Gasteiger partial charge in [0.25, 0.3) is 0 Å². The van der Waals surface area contributed by atoms with E-state index in [0.29, 0.717) is 22.7 Å². The number of aromatic hydroxyl groups is 5. The zero-order valence-corrected chi connectivity index (χ0v) is 38.6. The lowest BCUT2D eigenvalue weighted by molar-refractivity contribution is 0.365. The van der Waals surface area contributed by atoms with Crippen LogP contribution in [0.5, 0.6) is 28.7 Å². The third-order valence-corrected chi connectivity index (χ3v) is 12.9. The Kier molecular flexibility index (Phi) is 12.7. The van der Waals surface area contributed by atoms with Crippen LogP contribution >= 0.6 is 0 Å². The summed E-state index contributed by atoms with van der Waals surface area (Å²) in [6.07, 6.45) is 0. The van der Waals surface area contributed by atoms with Gasteiger partial charge in [-0.3, -0.25) is 0 Å². The zero-order valence-electron chi connectivity index (χ0n) is 38.6.